The molecule has 0 spiro atoms. The summed E-state index contributed by atoms with van der Waals surface area (Å²) < 4.78 is 3.74. The first kappa shape index (κ1) is 46.1. The van der Waals surface area contributed by atoms with Crippen molar-refractivity contribution in [3.8, 4) is 39.1 Å². The minimum atomic E-state index is 0.298. The lowest BCUT2D eigenvalue weighted by atomic mass is 9.73. The minimum Gasteiger partial charge on any atom is -0.309 e. The maximum absolute atomic E-state index is 3.68. The van der Waals surface area contributed by atoms with Gasteiger partial charge in [-0.1, -0.05) is 206 Å². The monoisotopic (exact) mass is 1050 g/mol. The summed E-state index contributed by atoms with van der Waals surface area (Å²) in [4.78, 5) is 1.22. The van der Waals surface area contributed by atoms with Gasteiger partial charge in [0.2, 0.25) is 0 Å². The molecule has 0 aliphatic heterocycles. The van der Waals surface area contributed by atoms with Gasteiger partial charge in [0.15, 0.2) is 0 Å². The third kappa shape index (κ3) is 7.25. The number of allylic oxidation sites excluding steroid dienone is 12. The lowest BCUT2D eigenvalue weighted by Crippen LogP contribution is -2.16. The van der Waals surface area contributed by atoms with E-state index in [1.54, 1.807) is 0 Å². The molecule has 17 rings (SSSR count). The summed E-state index contributed by atoms with van der Waals surface area (Å²) in [6.45, 7) is 0. The van der Waals surface area contributed by atoms with Crippen molar-refractivity contribution in [1.29, 1.82) is 0 Å². The van der Waals surface area contributed by atoms with Crippen molar-refractivity contribution in [3.63, 3.8) is 0 Å². The van der Waals surface area contributed by atoms with E-state index in [0.29, 0.717) is 11.8 Å². The first-order chi connectivity index (χ1) is 40.2. The predicted octanol–water partition coefficient (Wildman–Crippen LogP) is 21.8. The van der Waals surface area contributed by atoms with E-state index in [1.807, 2.05) is 11.3 Å². The van der Waals surface area contributed by atoms with Crippen molar-refractivity contribution in [2.75, 3.05) is 0 Å². The second kappa shape index (κ2) is 18.4. The van der Waals surface area contributed by atoms with E-state index in [9.17, 15) is 0 Å². The highest BCUT2D eigenvalue weighted by Crippen LogP contribution is 2.50. The molecule has 81 heavy (non-hydrogen) atoms. The van der Waals surface area contributed by atoms with Gasteiger partial charge >= 0.3 is 0 Å². The second-order valence-electron chi connectivity index (χ2n) is 22.2. The van der Waals surface area contributed by atoms with Crippen LogP contribution >= 0.6 is 11.3 Å². The molecular formula is C79H51NS. The summed E-state index contributed by atoms with van der Waals surface area (Å²) in [6.07, 6.45) is 27.7. The number of benzene rings is 11. The van der Waals surface area contributed by atoms with Crippen LogP contribution in [0.15, 0.2) is 272 Å². The fourth-order valence-corrected chi connectivity index (χ4v) is 15.3. The fourth-order valence-electron chi connectivity index (χ4n) is 14.1. The van der Waals surface area contributed by atoms with Crippen LogP contribution in [0.2, 0.25) is 0 Å². The normalized spacial score (nSPS) is 16.3. The van der Waals surface area contributed by atoms with Crippen LogP contribution in [0.3, 0.4) is 0 Å². The first-order valence-electron chi connectivity index (χ1n) is 28.5. The van der Waals surface area contributed by atoms with Crippen LogP contribution in [-0.4, -0.2) is 4.57 Å². The topological polar surface area (TPSA) is 4.93 Å². The van der Waals surface area contributed by atoms with Gasteiger partial charge in [-0.25, -0.2) is 0 Å². The number of rotatable bonds is 6. The lowest BCUT2D eigenvalue weighted by molar-refractivity contribution is 0.689. The summed E-state index contributed by atoms with van der Waals surface area (Å²) >= 11 is 1.88. The molecule has 378 valence electrons. The zero-order valence-electron chi connectivity index (χ0n) is 44.4. The number of hydrogen-bond acceptors (Lipinski definition) is 1. The lowest BCUT2D eigenvalue weighted by Gasteiger charge is -2.31. The number of thiophene rings is 1. The zero-order chi connectivity index (χ0) is 53.1. The Kier molecular flexibility index (Phi) is 10.5. The summed E-state index contributed by atoms with van der Waals surface area (Å²) in [5, 5.41) is 13.9. The average Bonchev–Trinajstić information content (AvgIpc) is 4.21. The van der Waals surface area contributed by atoms with Gasteiger partial charge < -0.3 is 4.57 Å². The third-order valence-electron chi connectivity index (χ3n) is 17.8. The van der Waals surface area contributed by atoms with Gasteiger partial charge in [-0.3, -0.25) is 0 Å². The molecule has 1 nitrogen and oxygen atoms in total. The van der Waals surface area contributed by atoms with Crippen molar-refractivity contribution >= 4 is 110 Å². The highest BCUT2D eigenvalue weighted by Gasteiger charge is 2.29. The average molecular weight is 1050 g/mol. The Hall–Kier alpha value is -9.82. The molecule has 13 aromatic rings. The summed E-state index contributed by atoms with van der Waals surface area (Å²) in [5.74, 6) is 0.636. The molecule has 0 bridgehead atoms. The van der Waals surface area contributed by atoms with Gasteiger partial charge in [-0.2, -0.15) is 0 Å². The van der Waals surface area contributed by atoms with Crippen LogP contribution in [0, 0.1) is 5.92 Å². The van der Waals surface area contributed by atoms with Gasteiger partial charge in [0, 0.05) is 54.4 Å². The van der Waals surface area contributed by atoms with Crippen LogP contribution in [-0.2, 0) is 0 Å². The maximum atomic E-state index is 3.68. The molecule has 0 saturated heterocycles. The van der Waals surface area contributed by atoms with Gasteiger partial charge in [0.25, 0.3) is 0 Å². The highest BCUT2D eigenvalue weighted by atomic mass is 32.1. The van der Waals surface area contributed by atoms with E-state index in [0.717, 1.165) is 18.5 Å². The Balaban J connectivity index is 0.846. The van der Waals surface area contributed by atoms with Crippen molar-refractivity contribution in [2.45, 2.75) is 18.8 Å². The smallest absolute Gasteiger partial charge is 0.0541 e. The largest absolute Gasteiger partial charge is 0.309 e. The van der Waals surface area contributed by atoms with Crippen LogP contribution in [0.4, 0.5) is 0 Å². The molecule has 4 aliphatic carbocycles. The highest BCUT2D eigenvalue weighted by molar-refractivity contribution is 7.20. The molecular weight excluding hydrogens is 995 g/mol. The Morgan fingerprint density at radius 1 is 0.457 bits per heavy atom. The Morgan fingerprint density at radius 3 is 1.93 bits per heavy atom. The molecule has 0 N–H and O–H groups in total. The number of hydrogen-bond donors (Lipinski definition) is 0. The van der Waals surface area contributed by atoms with Crippen LogP contribution in [0.5, 0.6) is 0 Å². The quantitative estimate of drug-likeness (QED) is 0.0889. The minimum absolute atomic E-state index is 0.298. The van der Waals surface area contributed by atoms with E-state index >= 15 is 0 Å². The van der Waals surface area contributed by atoms with E-state index in [1.165, 1.54) is 152 Å². The zero-order valence-corrected chi connectivity index (χ0v) is 45.2. The van der Waals surface area contributed by atoms with Gasteiger partial charge in [-0.15, -0.1) is 17.1 Å². The molecule has 2 heterocycles. The molecule has 0 saturated carbocycles. The van der Waals surface area contributed by atoms with Crippen LogP contribution in [0.25, 0.3) is 137 Å². The molecule has 11 aromatic carbocycles. The molecule has 4 aliphatic rings. The Labute approximate surface area is 474 Å². The van der Waals surface area contributed by atoms with Crippen LogP contribution in [0.1, 0.15) is 45.9 Å². The summed E-state index contributed by atoms with van der Waals surface area (Å²) in [6, 6.07) is 77.6. The van der Waals surface area contributed by atoms with Crippen LogP contribution < -0.4 is 0 Å². The second-order valence-corrected chi connectivity index (χ2v) is 23.2. The molecule has 2 aromatic heterocycles. The number of aromatic nitrogens is 1. The number of para-hydroxylation sites is 1. The molecule has 2 unspecified atom stereocenters. The number of nitrogens with zero attached hydrogens (tertiary/aromatic N) is 1. The molecule has 0 fully saturated rings. The van der Waals surface area contributed by atoms with E-state index < -0.39 is 0 Å². The summed E-state index contributed by atoms with van der Waals surface area (Å²) in [7, 11) is 0. The molecule has 0 radical (unpaired) electrons. The maximum Gasteiger partial charge on any atom is 0.0541 e. The first-order valence-corrected chi connectivity index (χ1v) is 29.3. The van der Waals surface area contributed by atoms with Gasteiger partial charge in [0.05, 0.1) is 11.0 Å². The molecule has 0 amide bonds. The van der Waals surface area contributed by atoms with Crippen molar-refractivity contribution < 1.29 is 0 Å². The van der Waals surface area contributed by atoms with E-state index in [-0.39, 0.29) is 0 Å². The van der Waals surface area contributed by atoms with E-state index in [4.69, 9.17) is 0 Å². The molecule has 2 atom stereocenters. The van der Waals surface area contributed by atoms with Gasteiger partial charge in [0.1, 0.15) is 0 Å². The SMILES string of the molecule is C1=CC(C2=CC3C=CC=CC3c3ccccc32)=Cc2c(sc3c(-c4ccc5c(c4)c4ccccc4n5-c4ccc(-c5c6ccccc6c(C6=CCCC=C6)c6ccccc56)cc4)cc(-c4cc5ccccc5c5ccccc45)cc23)C=1. The van der Waals surface area contributed by atoms with Crippen molar-refractivity contribution in [3.05, 3.63) is 299 Å². The third-order valence-corrected chi connectivity index (χ3v) is 19.0. The fraction of sp³-hybridized carbons (Fsp3) is 0.0506. The standard InChI is InChI=1S/C79H51NS/c1-2-19-49(20-3-1)77-64-31-12-14-33-66(64)78(67-34-15-13-32-65(67)77)50-37-40-56(41-38-50)80-74-35-17-16-30-63(74)71-45-54(39-42-75(71)80)70-47-55(69-44-52-22-5-7-25-58(52)60-27-9-11-29-62(60)69)48-73-72-46-53(23-18-36-76(72)81-79(70)73)68-43-51-21-4-6-24-57(51)59-26-8-10-28-61(59)68/h2,4-17,19-48,51,57H,1,3H2. The Bertz CT molecular complexity index is 5090. The van der Waals surface area contributed by atoms with Crippen molar-refractivity contribution in [2.24, 2.45) is 5.92 Å². The number of fused-ring (bicyclic) bond motifs is 14. The van der Waals surface area contributed by atoms with Gasteiger partial charge in [-0.05, 0) is 184 Å². The predicted molar refractivity (Wildman–Crippen MR) is 348 cm³/mol. The summed E-state index contributed by atoms with van der Waals surface area (Å²) in [5.41, 5.74) is 23.6. The Morgan fingerprint density at radius 2 is 1.12 bits per heavy atom. The molecule has 2 heteroatoms. The van der Waals surface area contributed by atoms with Crippen molar-refractivity contribution in [1.82, 2.24) is 4.57 Å². The van der Waals surface area contributed by atoms with E-state index in [2.05, 4.69) is 283 Å².